The Hall–Kier alpha value is -2.06. The predicted molar refractivity (Wildman–Crippen MR) is 111 cm³/mol. The normalized spacial score (nSPS) is 25.8. The zero-order valence-electron chi connectivity index (χ0n) is 15.7. The van der Waals surface area contributed by atoms with E-state index < -0.39 is 0 Å². The molecule has 0 heterocycles. The molecule has 0 atom stereocenters. The maximum absolute atomic E-state index is 13.1. The molecule has 2 nitrogen and oxygen atoms in total. The average molecular weight is 381 g/mol. The van der Waals surface area contributed by atoms with E-state index in [0.717, 1.165) is 47.9 Å². The number of aliphatic hydroxyl groups is 1. The molecule has 1 N–H and O–H groups in total. The Bertz CT molecular complexity index is 887. The van der Waals surface area contributed by atoms with Crippen molar-refractivity contribution >= 4 is 23.0 Å². The van der Waals surface area contributed by atoms with Crippen LogP contribution in [0.3, 0.4) is 0 Å². The van der Waals surface area contributed by atoms with Gasteiger partial charge >= 0.3 is 0 Å². The summed E-state index contributed by atoms with van der Waals surface area (Å²) in [4.78, 5) is 13.1. The number of aryl methyl sites for hydroxylation is 1. The molecule has 5 rings (SSSR count). The number of fused-ring (bicyclic) bond motifs is 5. The van der Waals surface area contributed by atoms with Crippen molar-refractivity contribution in [3.63, 3.8) is 0 Å². The molecule has 3 aliphatic carbocycles. The molecule has 0 saturated heterocycles. The number of carbonyl (C=O) groups excluding carboxylic acids is 1. The minimum absolute atomic E-state index is 0.0939. The summed E-state index contributed by atoms with van der Waals surface area (Å²) in [6.45, 7) is 2.01. The SMILES string of the molecule is Cc1ccc(-c2ccc(Cl)cc2)cc1/C1=C(\O)C[C@H]2CC[C@H](CC2)CC1=O. The van der Waals surface area contributed by atoms with Crippen molar-refractivity contribution in [1.29, 1.82) is 0 Å². The number of carbonyl (C=O) groups is 1. The van der Waals surface area contributed by atoms with Gasteiger partial charge in [-0.3, -0.25) is 4.79 Å². The van der Waals surface area contributed by atoms with Crippen LogP contribution in [0.1, 0.15) is 49.7 Å². The van der Waals surface area contributed by atoms with Crippen molar-refractivity contribution in [2.45, 2.75) is 45.4 Å². The number of hydrogen-bond donors (Lipinski definition) is 1. The highest BCUT2D eigenvalue weighted by Crippen LogP contribution is 2.40. The van der Waals surface area contributed by atoms with Crippen LogP contribution < -0.4 is 0 Å². The first kappa shape index (κ1) is 18.3. The first-order chi connectivity index (χ1) is 13.0. The number of allylic oxidation sites excluding steroid dienone is 2. The van der Waals surface area contributed by atoms with Gasteiger partial charge in [0, 0.05) is 17.9 Å². The summed E-state index contributed by atoms with van der Waals surface area (Å²) in [7, 11) is 0. The van der Waals surface area contributed by atoms with Crippen molar-refractivity contribution < 1.29 is 9.90 Å². The number of aliphatic hydroxyl groups excluding tert-OH is 1. The maximum atomic E-state index is 13.1. The highest BCUT2D eigenvalue weighted by molar-refractivity contribution is 6.30. The fourth-order valence-electron chi connectivity index (χ4n) is 4.56. The molecule has 140 valence electrons. The summed E-state index contributed by atoms with van der Waals surface area (Å²) in [6.07, 6.45) is 5.65. The average Bonchev–Trinajstić information content (AvgIpc) is 2.74. The molecule has 2 aromatic carbocycles. The molecule has 3 heteroatoms. The van der Waals surface area contributed by atoms with Gasteiger partial charge in [-0.15, -0.1) is 0 Å². The molecule has 2 bridgehead atoms. The lowest BCUT2D eigenvalue weighted by Crippen LogP contribution is -2.15. The summed E-state index contributed by atoms with van der Waals surface area (Å²) in [5, 5.41) is 11.6. The summed E-state index contributed by atoms with van der Waals surface area (Å²) in [6, 6.07) is 13.8. The van der Waals surface area contributed by atoms with E-state index in [2.05, 4.69) is 6.07 Å². The third-order valence-electron chi connectivity index (χ3n) is 6.17. The highest BCUT2D eigenvalue weighted by atomic mass is 35.5. The van der Waals surface area contributed by atoms with E-state index in [9.17, 15) is 9.90 Å². The second-order valence-corrected chi connectivity index (χ2v) is 8.51. The van der Waals surface area contributed by atoms with Crippen LogP contribution in [0.2, 0.25) is 5.02 Å². The van der Waals surface area contributed by atoms with Gasteiger partial charge in [0.1, 0.15) is 5.76 Å². The van der Waals surface area contributed by atoms with Crippen LogP contribution in [-0.2, 0) is 4.79 Å². The van der Waals surface area contributed by atoms with E-state index in [-0.39, 0.29) is 11.5 Å². The fourth-order valence-corrected chi connectivity index (χ4v) is 4.69. The lowest BCUT2D eigenvalue weighted by atomic mass is 9.79. The zero-order chi connectivity index (χ0) is 19.0. The molecule has 1 saturated carbocycles. The second kappa shape index (κ2) is 7.52. The molecule has 0 amide bonds. The molecule has 1 fully saturated rings. The molecule has 2 aromatic rings. The Morgan fingerprint density at radius 1 is 0.889 bits per heavy atom. The van der Waals surface area contributed by atoms with Gasteiger partial charge in [-0.25, -0.2) is 0 Å². The Balaban J connectivity index is 1.79. The van der Waals surface area contributed by atoms with Gasteiger partial charge in [0.05, 0.1) is 5.57 Å². The van der Waals surface area contributed by atoms with Gasteiger partial charge in [0.15, 0.2) is 5.78 Å². The minimum atomic E-state index is 0.0939. The molecule has 0 spiro atoms. The molecule has 3 aliphatic rings. The van der Waals surface area contributed by atoms with Gasteiger partial charge < -0.3 is 5.11 Å². The molecule has 27 heavy (non-hydrogen) atoms. The Morgan fingerprint density at radius 2 is 1.48 bits per heavy atom. The number of hydrogen-bond acceptors (Lipinski definition) is 2. The number of Topliss-reactive ketones (excluding diaryl/α,β-unsaturated/α-hetero) is 1. The van der Waals surface area contributed by atoms with Crippen LogP contribution in [0.15, 0.2) is 48.2 Å². The van der Waals surface area contributed by atoms with E-state index >= 15 is 0 Å². The van der Waals surface area contributed by atoms with Crippen LogP contribution >= 0.6 is 11.6 Å². The monoisotopic (exact) mass is 380 g/mol. The number of rotatable bonds is 2. The summed E-state index contributed by atoms with van der Waals surface area (Å²) < 4.78 is 0. The molecular weight excluding hydrogens is 356 g/mol. The highest BCUT2D eigenvalue weighted by Gasteiger charge is 2.30. The fraction of sp³-hybridized carbons (Fsp3) is 0.375. The second-order valence-electron chi connectivity index (χ2n) is 8.08. The molecule has 0 aromatic heterocycles. The number of ketones is 1. The molecule has 0 radical (unpaired) electrons. The molecule has 0 unspecified atom stereocenters. The number of halogens is 1. The maximum Gasteiger partial charge on any atom is 0.167 e. The van der Waals surface area contributed by atoms with E-state index in [0.29, 0.717) is 35.3 Å². The topological polar surface area (TPSA) is 37.3 Å². The van der Waals surface area contributed by atoms with Gasteiger partial charge in [0.25, 0.3) is 0 Å². The van der Waals surface area contributed by atoms with Gasteiger partial charge in [0.2, 0.25) is 0 Å². The van der Waals surface area contributed by atoms with Gasteiger partial charge in [-0.1, -0.05) is 35.9 Å². The van der Waals surface area contributed by atoms with Crippen molar-refractivity contribution in [3.05, 3.63) is 64.4 Å². The molecular formula is C24H25ClO2. The third-order valence-corrected chi connectivity index (χ3v) is 6.43. The van der Waals surface area contributed by atoms with Crippen LogP contribution in [0.5, 0.6) is 0 Å². The summed E-state index contributed by atoms with van der Waals surface area (Å²) in [5.74, 6) is 1.34. The summed E-state index contributed by atoms with van der Waals surface area (Å²) >= 11 is 6.01. The van der Waals surface area contributed by atoms with Crippen LogP contribution in [-0.4, -0.2) is 10.9 Å². The van der Waals surface area contributed by atoms with Gasteiger partial charge in [-0.2, -0.15) is 0 Å². The Labute approximate surface area is 165 Å². The van der Waals surface area contributed by atoms with Crippen molar-refractivity contribution in [3.8, 4) is 11.1 Å². The smallest absolute Gasteiger partial charge is 0.167 e. The van der Waals surface area contributed by atoms with Crippen LogP contribution in [0.25, 0.3) is 16.7 Å². The standard InChI is InChI=1S/C24H25ClO2/c1-15-2-7-19(18-8-10-20(25)11-9-18)14-21(15)24-22(26)12-16-3-4-17(6-5-16)13-23(24)27/h2,7-11,14,16-17,26H,3-6,12-13H2,1H3/b24-22+/t16-,17+. The third kappa shape index (κ3) is 3.82. The quantitative estimate of drug-likeness (QED) is 0.625. The zero-order valence-corrected chi connectivity index (χ0v) is 16.4. The van der Waals surface area contributed by atoms with E-state index in [4.69, 9.17) is 11.6 Å². The van der Waals surface area contributed by atoms with Gasteiger partial charge in [-0.05, 0) is 84.9 Å². The van der Waals surface area contributed by atoms with Crippen molar-refractivity contribution in [2.24, 2.45) is 11.8 Å². The van der Waals surface area contributed by atoms with Crippen molar-refractivity contribution in [2.75, 3.05) is 0 Å². The summed E-state index contributed by atoms with van der Waals surface area (Å²) in [5.41, 5.74) is 4.52. The van der Waals surface area contributed by atoms with Crippen molar-refractivity contribution in [1.82, 2.24) is 0 Å². The van der Waals surface area contributed by atoms with Crippen LogP contribution in [0, 0.1) is 18.8 Å². The van der Waals surface area contributed by atoms with E-state index in [1.165, 1.54) is 0 Å². The Morgan fingerprint density at radius 3 is 2.15 bits per heavy atom. The first-order valence-corrected chi connectivity index (χ1v) is 10.2. The van der Waals surface area contributed by atoms with E-state index in [1.54, 1.807) is 0 Å². The lowest BCUT2D eigenvalue weighted by molar-refractivity contribution is -0.114. The lowest BCUT2D eigenvalue weighted by Gasteiger charge is -2.26. The van der Waals surface area contributed by atoms with Crippen LogP contribution in [0.4, 0.5) is 0 Å². The Kier molecular flexibility index (Phi) is 5.10. The number of benzene rings is 2. The molecule has 0 aliphatic heterocycles. The van der Waals surface area contributed by atoms with E-state index in [1.807, 2.05) is 43.3 Å². The largest absolute Gasteiger partial charge is 0.512 e. The predicted octanol–water partition coefficient (Wildman–Crippen LogP) is 6.75. The minimum Gasteiger partial charge on any atom is -0.512 e. The first-order valence-electron chi connectivity index (χ1n) is 9.83.